The van der Waals surface area contributed by atoms with Crippen molar-refractivity contribution in [3.05, 3.63) is 34.9 Å². The average Bonchev–Trinajstić information content (AvgIpc) is 2.84. The Labute approximate surface area is 108 Å². The number of nitrogens with one attached hydrogen (secondary N) is 1. The van der Waals surface area contributed by atoms with E-state index in [1.54, 1.807) is 0 Å². The van der Waals surface area contributed by atoms with Crippen molar-refractivity contribution in [2.24, 2.45) is 0 Å². The molecule has 0 saturated carbocycles. The van der Waals surface area contributed by atoms with Gasteiger partial charge >= 0.3 is 0 Å². The Kier molecular flexibility index (Phi) is 5.30. The highest BCUT2D eigenvalue weighted by molar-refractivity contribution is 6.30. The molecule has 1 atom stereocenters. The van der Waals surface area contributed by atoms with Crippen molar-refractivity contribution in [3.8, 4) is 0 Å². The van der Waals surface area contributed by atoms with Crippen LogP contribution in [0.25, 0.3) is 0 Å². The van der Waals surface area contributed by atoms with Crippen LogP contribution in [0, 0.1) is 0 Å². The normalized spacial score (nSPS) is 19.7. The van der Waals surface area contributed by atoms with Gasteiger partial charge in [0.25, 0.3) is 0 Å². The standard InChI is InChI=1S/C14H20ClNO/c15-13-7-5-12(6-8-13)11-16-9-1-3-14-4-2-10-17-14/h5-8,14,16H,1-4,9-11H2. The topological polar surface area (TPSA) is 21.3 Å². The van der Waals surface area contributed by atoms with Gasteiger partial charge in [0.05, 0.1) is 6.10 Å². The predicted octanol–water partition coefficient (Wildman–Crippen LogP) is 3.39. The first kappa shape index (κ1) is 12.9. The van der Waals surface area contributed by atoms with E-state index in [-0.39, 0.29) is 0 Å². The van der Waals surface area contributed by atoms with Crippen molar-refractivity contribution in [3.63, 3.8) is 0 Å². The molecule has 2 rings (SSSR count). The van der Waals surface area contributed by atoms with E-state index in [0.29, 0.717) is 6.10 Å². The van der Waals surface area contributed by atoms with Crippen molar-refractivity contribution in [1.82, 2.24) is 5.32 Å². The van der Waals surface area contributed by atoms with Crippen LogP contribution in [0.3, 0.4) is 0 Å². The smallest absolute Gasteiger partial charge is 0.0576 e. The van der Waals surface area contributed by atoms with Gasteiger partial charge < -0.3 is 10.1 Å². The predicted molar refractivity (Wildman–Crippen MR) is 71.4 cm³/mol. The molecule has 0 aromatic heterocycles. The molecular weight excluding hydrogens is 234 g/mol. The molecule has 1 aromatic carbocycles. The fraction of sp³-hybridized carbons (Fsp3) is 0.571. The zero-order chi connectivity index (χ0) is 11.9. The Balaban J connectivity index is 1.55. The molecule has 0 spiro atoms. The van der Waals surface area contributed by atoms with Crippen molar-refractivity contribution < 1.29 is 4.74 Å². The van der Waals surface area contributed by atoms with Crippen molar-refractivity contribution in [2.45, 2.75) is 38.3 Å². The molecule has 1 aliphatic heterocycles. The maximum absolute atomic E-state index is 5.83. The average molecular weight is 254 g/mol. The lowest BCUT2D eigenvalue weighted by atomic mass is 10.1. The molecule has 94 valence electrons. The minimum Gasteiger partial charge on any atom is -0.378 e. The number of benzene rings is 1. The van der Waals surface area contributed by atoms with E-state index in [9.17, 15) is 0 Å². The third-order valence-electron chi connectivity index (χ3n) is 3.15. The summed E-state index contributed by atoms with van der Waals surface area (Å²) in [5.41, 5.74) is 1.28. The Morgan fingerprint density at radius 2 is 2.12 bits per heavy atom. The van der Waals surface area contributed by atoms with Crippen molar-refractivity contribution in [2.75, 3.05) is 13.2 Å². The summed E-state index contributed by atoms with van der Waals surface area (Å²) in [6.07, 6.45) is 5.39. The van der Waals surface area contributed by atoms with Crippen molar-refractivity contribution >= 4 is 11.6 Å². The van der Waals surface area contributed by atoms with E-state index in [4.69, 9.17) is 16.3 Å². The quantitative estimate of drug-likeness (QED) is 0.785. The fourth-order valence-corrected chi connectivity index (χ4v) is 2.29. The van der Waals surface area contributed by atoms with Gasteiger partial charge in [0.2, 0.25) is 0 Å². The zero-order valence-electron chi connectivity index (χ0n) is 10.1. The number of hydrogen-bond acceptors (Lipinski definition) is 2. The molecule has 1 fully saturated rings. The second-order valence-electron chi connectivity index (χ2n) is 4.58. The summed E-state index contributed by atoms with van der Waals surface area (Å²) < 4.78 is 5.59. The number of hydrogen-bond donors (Lipinski definition) is 1. The first-order chi connectivity index (χ1) is 8.34. The van der Waals surface area contributed by atoms with Gasteiger partial charge in [-0.25, -0.2) is 0 Å². The van der Waals surface area contributed by atoms with Crippen LogP contribution in [0.1, 0.15) is 31.2 Å². The molecule has 1 heterocycles. The highest BCUT2D eigenvalue weighted by atomic mass is 35.5. The van der Waals surface area contributed by atoms with Gasteiger partial charge in [0.1, 0.15) is 0 Å². The monoisotopic (exact) mass is 253 g/mol. The molecule has 2 nitrogen and oxygen atoms in total. The number of rotatable bonds is 6. The summed E-state index contributed by atoms with van der Waals surface area (Å²) in [6.45, 7) is 2.94. The largest absolute Gasteiger partial charge is 0.378 e. The molecule has 0 aliphatic carbocycles. The Bertz CT molecular complexity index is 319. The SMILES string of the molecule is Clc1ccc(CNCCCC2CCCO2)cc1. The minimum absolute atomic E-state index is 0.521. The Morgan fingerprint density at radius 3 is 2.82 bits per heavy atom. The van der Waals surface area contributed by atoms with Crippen LogP contribution in [0.5, 0.6) is 0 Å². The van der Waals surface area contributed by atoms with Crippen LogP contribution in [-0.2, 0) is 11.3 Å². The summed E-state index contributed by atoms with van der Waals surface area (Å²) in [7, 11) is 0. The summed E-state index contributed by atoms with van der Waals surface area (Å²) >= 11 is 5.83. The molecular formula is C14H20ClNO. The first-order valence-corrected chi connectivity index (χ1v) is 6.79. The zero-order valence-corrected chi connectivity index (χ0v) is 10.9. The second kappa shape index (κ2) is 7.00. The molecule has 0 bridgehead atoms. The fourth-order valence-electron chi connectivity index (χ4n) is 2.16. The molecule has 1 aliphatic rings. The maximum Gasteiger partial charge on any atom is 0.0576 e. The summed E-state index contributed by atoms with van der Waals surface area (Å²) in [6, 6.07) is 8.00. The lowest BCUT2D eigenvalue weighted by Gasteiger charge is -2.09. The number of halogens is 1. The van der Waals surface area contributed by atoms with Crippen LogP contribution >= 0.6 is 11.6 Å². The van der Waals surface area contributed by atoms with E-state index in [2.05, 4.69) is 17.4 Å². The first-order valence-electron chi connectivity index (χ1n) is 6.41. The molecule has 1 unspecified atom stereocenters. The van der Waals surface area contributed by atoms with Gasteiger partial charge in [-0.2, -0.15) is 0 Å². The highest BCUT2D eigenvalue weighted by Gasteiger charge is 2.14. The summed E-state index contributed by atoms with van der Waals surface area (Å²) in [4.78, 5) is 0. The van der Waals surface area contributed by atoms with Crippen LogP contribution in [0.15, 0.2) is 24.3 Å². The Hall–Kier alpha value is -0.570. The van der Waals surface area contributed by atoms with Gasteiger partial charge in [-0.05, 0) is 49.9 Å². The number of ether oxygens (including phenoxy) is 1. The van der Waals surface area contributed by atoms with E-state index in [1.807, 2.05) is 12.1 Å². The van der Waals surface area contributed by atoms with E-state index < -0.39 is 0 Å². The highest BCUT2D eigenvalue weighted by Crippen LogP contribution is 2.16. The lowest BCUT2D eigenvalue weighted by molar-refractivity contribution is 0.102. The molecule has 1 aromatic rings. The molecule has 17 heavy (non-hydrogen) atoms. The second-order valence-corrected chi connectivity index (χ2v) is 5.02. The molecule has 1 saturated heterocycles. The van der Waals surface area contributed by atoms with Crippen LogP contribution in [0.2, 0.25) is 5.02 Å². The molecule has 3 heteroatoms. The van der Waals surface area contributed by atoms with Gasteiger partial charge in [0, 0.05) is 18.2 Å². The lowest BCUT2D eigenvalue weighted by Crippen LogP contribution is -2.16. The maximum atomic E-state index is 5.83. The van der Waals surface area contributed by atoms with Crippen LogP contribution < -0.4 is 5.32 Å². The summed E-state index contributed by atoms with van der Waals surface area (Å²) in [5.74, 6) is 0. The van der Waals surface area contributed by atoms with Gasteiger partial charge in [-0.1, -0.05) is 23.7 Å². The molecule has 0 amide bonds. The van der Waals surface area contributed by atoms with Gasteiger partial charge in [0.15, 0.2) is 0 Å². The van der Waals surface area contributed by atoms with Gasteiger partial charge in [-0.3, -0.25) is 0 Å². The Morgan fingerprint density at radius 1 is 1.29 bits per heavy atom. The van der Waals surface area contributed by atoms with Crippen LogP contribution in [0.4, 0.5) is 0 Å². The van der Waals surface area contributed by atoms with E-state index >= 15 is 0 Å². The molecule has 1 N–H and O–H groups in total. The van der Waals surface area contributed by atoms with Gasteiger partial charge in [-0.15, -0.1) is 0 Å². The third-order valence-corrected chi connectivity index (χ3v) is 3.40. The van der Waals surface area contributed by atoms with Crippen molar-refractivity contribution in [1.29, 1.82) is 0 Å². The van der Waals surface area contributed by atoms with Crippen LogP contribution in [-0.4, -0.2) is 19.3 Å². The third kappa shape index (κ3) is 4.66. The van der Waals surface area contributed by atoms with E-state index in [1.165, 1.54) is 31.2 Å². The molecule has 0 radical (unpaired) electrons. The summed E-state index contributed by atoms with van der Waals surface area (Å²) in [5, 5.41) is 4.24. The minimum atomic E-state index is 0.521. The van der Waals surface area contributed by atoms with E-state index in [0.717, 1.165) is 24.7 Å².